The number of hydrogen-bond acceptors (Lipinski definition) is 8. The van der Waals surface area contributed by atoms with Crippen LogP contribution in [0.5, 0.6) is 0 Å². The maximum atomic E-state index is 10.1. The van der Waals surface area contributed by atoms with E-state index in [0.717, 1.165) is 19.4 Å². The Morgan fingerprint density at radius 1 is 1.15 bits per heavy atom. The molecular weight excluding hydrogens is 308 g/mol. The summed E-state index contributed by atoms with van der Waals surface area (Å²) < 4.78 is 0. The predicted octanol–water partition coefficient (Wildman–Crippen LogP) is -10.8. The van der Waals surface area contributed by atoms with Crippen LogP contribution in [-0.4, -0.2) is 48.7 Å². The number of carboxylic acids is 3. The zero-order valence-electron chi connectivity index (χ0n) is 11.8. The smallest absolute Gasteiger partial charge is 0.549 e. The Labute approximate surface area is 181 Å². The molecule has 0 saturated carbocycles. The van der Waals surface area contributed by atoms with Crippen molar-refractivity contribution in [3.63, 3.8) is 0 Å². The zero-order valence-corrected chi connectivity index (χ0v) is 16.9. The Morgan fingerprint density at radius 3 is 1.60 bits per heavy atom. The number of carbonyl (C=O) groups is 3. The molecule has 1 aliphatic heterocycles. The predicted molar refractivity (Wildman–Crippen MR) is 56.8 cm³/mol. The van der Waals surface area contributed by atoms with E-state index in [1.807, 2.05) is 0 Å². The summed E-state index contributed by atoms with van der Waals surface area (Å²) in [6.45, 7) is 0.0803. The molecule has 0 aromatic heterocycles. The number of hydrogen-bond donors (Lipinski definition) is 4. The first kappa shape index (κ1) is 29.0. The van der Waals surface area contributed by atoms with Gasteiger partial charge in [0.05, 0.1) is 11.9 Å². The first-order valence-corrected chi connectivity index (χ1v) is 5.11. The van der Waals surface area contributed by atoms with Crippen molar-refractivity contribution in [2.75, 3.05) is 19.6 Å². The number of rotatable bonds is 3. The van der Waals surface area contributed by atoms with Gasteiger partial charge in [-0.25, -0.2) is 0 Å². The molecule has 0 radical (unpaired) electrons. The zero-order chi connectivity index (χ0) is 14.6. The second-order valence-corrected chi connectivity index (χ2v) is 3.14. The van der Waals surface area contributed by atoms with E-state index in [9.17, 15) is 4.79 Å². The molecule has 20 heavy (non-hydrogen) atoms. The molecule has 6 N–H and O–H groups in total. The molecule has 1 heterocycles. The first-order valence-electron chi connectivity index (χ1n) is 5.11. The molecule has 1 aliphatic rings. The van der Waals surface area contributed by atoms with Crippen LogP contribution in [0.1, 0.15) is 12.8 Å². The molecule has 0 bridgehead atoms. The van der Waals surface area contributed by atoms with Crippen molar-refractivity contribution in [2.24, 2.45) is 11.5 Å². The van der Waals surface area contributed by atoms with Crippen molar-refractivity contribution in [2.45, 2.75) is 18.9 Å². The summed E-state index contributed by atoms with van der Waals surface area (Å²) in [5, 5.41) is 29.5. The minimum absolute atomic E-state index is 0. The molecule has 1 fully saturated rings. The number of carboxylic acid groups (broad SMARTS) is 3. The molecule has 11 heteroatoms. The van der Waals surface area contributed by atoms with Gasteiger partial charge in [-0.05, 0) is 19.4 Å². The van der Waals surface area contributed by atoms with Crippen molar-refractivity contribution in [3.8, 4) is 0 Å². The molecule has 106 valence electrons. The fraction of sp³-hybridized carbons (Fsp3) is 0.667. The summed E-state index contributed by atoms with van der Waals surface area (Å²) in [5.74, 6) is -3.16. The molecule has 0 aromatic carbocycles. The van der Waals surface area contributed by atoms with Crippen LogP contribution < -0.4 is 108 Å². The Bertz CT molecular complexity index is 262. The normalized spacial score (nSPS) is 15.0. The largest absolute Gasteiger partial charge is 1.00 e. The second-order valence-electron chi connectivity index (χ2n) is 3.14. The van der Waals surface area contributed by atoms with Gasteiger partial charge in [0.2, 0.25) is 0 Å². The molecule has 1 saturated heterocycles. The van der Waals surface area contributed by atoms with Crippen LogP contribution in [-0.2, 0) is 14.4 Å². The quantitative estimate of drug-likeness (QED) is 0.366. The average molecular weight is 325 g/mol. The summed E-state index contributed by atoms with van der Waals surface area (Å²) in [5.41, 5.74) is 9.02. The standard InChI is InChI=1S/C5H9NO2.2C2H5NO2.K.Na/c7-5(8)4-2-1-3-6-4;2*3-1-2(4)5;;/h4,6H,1-3H2,(H,7,8);2*1,3H2,(H,4,5);;/q;;;2*+1/p-2/t4-;;;;/m0..../s1. The molecule has 1 atom stereocenters. The van der Waals surface area contributed by atoms with E-state index in [0.29, 0.717) is 0 Å². The molecule has 0 unspecified atom stereocenters. The number of carbonyl (C=O) groups excluding carboxylic acids is 2. The number of nitrogens with two attached hydrogens (primary N) is 2. The van der Waals surface area contributed by atoms with Crippen LogP contribution in [0, 0.1) is 0 Å². The van der Waals surface area contributed by atoms with Crippen molar-refractivity contribution >= 4 is 17.9 Å². The van der Waals surface area contributed by atoms with E-state index >= 15 is 0 Å². The summed E-state index contributed by atoms with van der Waals surface area (Å²) in [7, 11) is 0. The van der Waals surface area contributed by atoms with Crippen molar-refractivity contribution < 1.29 is 111 Å². The van der Waals surface area contributed by atoms with Gasteiger partial charge >= 0.3 is 86.9 Å². The molecule has 1 rings (SSSR count). The van der Waals surface area contributed by atoms with Gasteiger partial charge in [0.15, 0.2) is 0 Å². The van der Waals surface area contributed by atoms with E-state index in [1.54, 1.807) is 0 Å². The second kappa shape index (κ2) is 19.9. The molecule has 0 spiro atoms. The van der Waals surface area contributed by atoms with E-state index < -0.39 is 17.9 Å². The SMILES string of the molecule is NCC(=O)[O-].NCC(=O)[O-].O=C(O)[C@@H]1CCCN1.[K+].[Na+]. The van der Waals surface area contributed by atoms with Crippen LogP contribution >= 0.6 is 0 Å². The minimum atomic E-state index is -1.22. The molecule has 0 amide bonds. The minimum Gasteiger partial charge on any atom is -0.549 e. The Hall–Kier alpha value is 0.926. The third-order valence-electron chi connectivity index (χ3n) is 1.69. The molecule has 0 aromatic rings. The van der Waals surface area contributed by atoms with Crippen molar-refractivity contribution in [1.82, 2.24) is 5.32 Å². The summed E-state index contributed by atoms with van der Waals surface area (Å²) in [4.78, 5) is 28.4. The maximum Gasteiger partial charge on any atom is 1.00 e. The maximum absolute atomic E-state index is 10.1. The average Bonchev–Trinajstić information content (AvgIpc) is 2.84. The summed E-state index contributed by atoms with van der Waals surface area (Å²) in [6.07, 6.45) is 1.78. The van der Waals surface area contributed by atoms with Gasteiger partial charge in [-0.1, -0.05) is 0 Å². The Morgan fingerprint density at radius 2 is 1.50 bits per heavy atom. The van der Waals surface area contributed by atoms with Crippen LogP contribution in [0.2, 0.25) is 0 Å². The van der Waals surface area contributed by atoms with Gasteiger partial charge < -0.3 is 41.7 Å². The van der Waals surface area contributed by atoms with Crippen LogP contribution in [0.3, 0.4) is 0 Å². The monoisotopic (exact) mass is 325 g/mol. The summed E-state index contributed by atoms with van der Waals surface area (Å²) >= 11 is 0. The van der Waals surface area contributed by atoms with E-state index in [4.69, 9.17) is 24.9 Å². The number of aliphatic carboxylic acids is 3. The third kappa shape index (κ3) is 24.0. The van der Waals surface area contributed by atoms with Crippen molar-refractivity contribution in [1.29, 1.82) is 0 Å². The fourth-order valence-electron chi connectivity index (χ4n) is 0.895. The topological polar surface area (TPSA) is 182 Å². The van der Waals surface area contributed by atoms with Gasteiger partial charge in [0.25, 0.3) is 0 Å². The Kier molecular flexibility index (Phi) is 28.9. The molecular formula is C9H17KN3NaO6. The summed E-state index contributed by atoms with van der Waals surface area (Å²) in [6, 6.07) is -0.269. The fourth-order valence-corrected chi connectivity index (χ4v) is 0.895. The Balaban J connectivity index is -0.0000000960. The van der Waals surface area contributed by atoms with Gasteiger partial charge in [-0.2, -0.15) is 0 Å². The third-order valence-corrected chi connectivity index (χ3v) is 1.69. The van der Waals surface area contributed by atoms with Gasteiger partial charge in [-0.3, -0.25) is 4.79 Å². The van der Waals surface area contributed by atoms with E-state index in [1.165, 1.54) is 0 Å². The van der Waals surface area contributed by atoms with Crippen LogP contribution in [0.25, 0.3) is 0 Å². The van der Waals surface area contributed by atoms with E-state index in [2.05, 4.69) is 16.8 Å². The molecule has 0 aliphatic carbocycles. The van der Waals surface area contributed by atoms with Gasteiger partial charge in [0.1, 0.15) is 6.04 Å². The van der Waals surface area contributed by atoms with Gasteiger partial charge in [-0.15, -0.1) is 0 Å². The van der Waals surface area contributed by atoms with Crippen LogP contribution in [0.15, 0.2) is 0 Å². The number of nitrogens with one attached hydrogen (secondary N) is 1. The van der Waals surface area contributed by atoms with Crippen LogP contribution in [0.4, 0.5) is 0 Å². The first-order chi connectivity index (χ1) is 8.34. The molecule has 9 nitrogen and oxygen atoms in total. The van der Waals surface area contributed by atoms with Gasteiger partial charge in [0, 0.05) is 13.1 Å². The van der Waals surface area contributed by atoms with Crippen molar-refractivity contribution in [3.05, 3.63) is 0 Å². The van der Waals surface area contributed by atoms with E-state index in [-0.39, 0.29) is 100 Å².